The number of aromatic nitrogens is 4. The van der Waals surface area contributed by atoms with Crippen molar-refractivity contribution in [2.24, 2.45) is 5.92 Å². The fourth-order valence-corrected chi connectivity index (χ4v) is 1.92. The van der Waals surface area contributed by atoms with Crippen molar-refractivity contribution in [1.29, 1.82) is 0 Å². The molecule has 2 heterocycles. The summed E-state index contributed by atoms with van der Waals surface area (Å²) in [5, 5.41) is 0. The molecule has 0 fully saturated rings. The van der Waals surface area contributed by atoms with Crippen molar-refractivity contribution in [3.05, 3.63) is 34.6 Å². The largest absolute Gasteiger partial charge is 0.328 e. The first kappa shape index (κ1) is 12.5. The van der Waals surface area contributed by atoms with Crippen LogP contribution in [0, 0.1) is 5.92 Å². The fourth-order valence-electron chi connectivity index (χ4n) is 1.92. The number of hydrogen-bond acceptors (Lipinski definition) is 3. The summed E-state index contributed by atoms with van der Waals surface area (Å²) in [7, 11) is 0. The first-order valence-corrected chi connectivity index (χ1v) is 6.21. The number of nitrogens with one attached hydrogen (secondary N) is 1. The topological polar surface area (TPSA) is 63.6 Å². The highest BCUT2D eigenvalue weighted by molar-refractivity contribution is 5.48. The number of hydrogen-bond donors (Lipinski definition) is 1. The second kappa shape index (κ2) is 5.16. The maximum absolute atomic E-state index is 11.7. The lowest BCUT2D eigenvalue weighted by Gasteiger charge is -2.07. The van der Waals surface area contributed by atoms with Gasteiger partial charge in [-0.3, -0.25) is 4.79 Å². The van der Waals surface area contributed by atoms with Crippen LogP contribution in [0.2, 0.25) is 0 Å². The normalized spacial score (nSPS) is 11.1. The first-order valence-electron chi connectivity index (χ1n) is 6.21. The van der Waals surface area contributed by atoms with Crippen LogP contribution in [0.15, 0.2) is 23.4 Å². The minimum absolute atomic E-state index is 0.112. The van der Waals surface area contributed by atoms with Crippen LogP contribution in [0.3, 0.4) is 0 Å². The second-order valence-electron chi connectivity index (χ2n) is 4.75. The average Bonchev–Trinajstić information content (AvgIpc) is 2.75. The van der Waals surface area contributed by atoms with Gasteiger partial charge >= 0.3 is 0 Å². The lowest BCUT2D eigenvalue weighted by atomic mass is 10.1. The third-order valence-corrected chi connectivity index (χ3v) is 2.71. The number of aromatic amines is 1. The Morgan fingerprint density at radius 1 is 1.44 bits per heavy atom. The van der Waals surface area contributed by atoms with E-state index in [1.54, 1.807) is 18.6 Å². The molecule has 0 aliphatic heterocycles. The predicted octanol–water partition coefficient (Wildman–Crippen LogP) is 1.85. The standard InChI is InChI=1S/C13H18N4O/c1-4-17-8-14-7-11(17)13-15-10(5-9(2)3)6-12(18)16-13/h6-9H,4-5H2,1-3H3,(H,15,16,18). The van der Waals surface area contributed by atoms with Gasteiger partial charge in [-0.25, -0.2) is 9.97 Å². The maximum atomic E-state index is 11.7. The lowest BCUT2D eigenvalue weighted by Crippen LogP contribution is -2.13. The van der Waals surface area contributed by atoms with Crippen LogP contribution < -0.4 is 5.56 Å². The van der Waals surface area contributed by atoms with Gasteiger partial charge in [-0.15, -0.1) is 0 Å². The maximum Gasteiger partial charge on any atom is 0.251 e. The van der Waals surface area contributed by atoms with Gasteiger partial charge in [0.1, 0.15) is 5.69 Å². The molecule has 0 amide bonds. The predicted molar refractivity (Wildman–Crippen MR) is 70.3 cm³/mol. The summed E-state index contributed by atoms with van der Waals surface area (Å²) in [6, 6.07) is 1.57. The zero-order chi connectivity index (χ0) is 13.1. The summed E-state index contributed by atoms with van der Waals surface area (Å²) in [4.78, 5) is 23.0. The molecule has 2 rings (SSSR count). The number of H-pyrrole nitrogens is 1. The molecule has 2 aromatic heterocycles. The molecule has 0 saturated carbocycles. The van der Waals surface area contributed by atoms with Crippen LogP contribution in [0.1, 0.15) is 26.5 Å². The van der Waals surface area contributed by atoms with Crippen molar-refractivity contribution in [1.82, 2.24) is 19.5 Å². The van der Waals surface area contributed by atoms with E-state index in [0.717, 1.165) is 24.4 Å². The van der Waals surface area contributed by atoms with Gasteiger partial charge in [0.05, 0.1) is 12.5 Å². The minimum atomic E-state index is -0.112. The SMILES string of the molecule is CCn1cncc1-c1nc(CC(C)C)cc(=O)[nH]1. The fraction of sp³-hybridized carbons (Fsp3) is 0.462. The summed E-state index contributed by atoms with van der Waals surface area (Å²) in [6.07, 6.45) is 4.27. The Kier molecular flexibility index (Phi) is 3.60. The molecular formula is C13H18N4O. The van der Waals surface area contributed by atoms with Crippen LogP contribution >= 0.6 is 0 Å². The minimum Gasteiger partial charge on any atom is -0.328 e. The Balaban J connectivity index is 2.45. The van der Waals surface area contributed by atoms with Crippen LogP contribution in [0.4, 0.5) is 0 Å². The van der Waals surface area contributed by atoms with Gasteiger partial charge in [-0.1, -0.05) is 13.8 Å². The van der Waals surface area contributed by atoms with E-state index < -0.39 is 0 Å². The Bertz CT molecular complexity index is 583. The second-order valence-corrected chi connectivity index (χ2v) is 4.75. The quantitative estimate of drug-likeness (QED) is 0.895. The van der Waals surface area contributed by atoms with E-state index in [1.165, 1.54) is 0 Å². The molecule has 2 aromatic rings. The molecule has 0 aromatic carbocycles. The zero-order valence-electron chi connectivity index (χ0n) is 11.0. The highest BCUT2D eigenvalue weighted by Gasteiger charge is 2.09. The van der Waals surface area contributed by atoms with Crippen LogP contribution in [0.5, 0.6) is 0 Å². The van der Waals surface area contributed by atoms with Gasteiger partial charge in [-0.2, -0.15) is 0 Å². The molecule has 0 bridgehead atoms. The molecule has 0 spiro atoms. The third-order valence-electron chi connectivity index (χ3n) is 2.71. The molecule has 0 radical (unpaired) electrons. The van der Waals surface area contributed by atoms with Gasteiger partial charge in [0, 0.05) is 18.3 Å². The summed E-state index contributed by atoms with van der Waals surface area (Å²) in [6.45, 7) is 7.05. The van der Waals surface area contributed by atoms with Crippen LogP contribution in [-0.4, -0.2) is 19.5 Å². The van der Waals surface area contributed by atoms with E-state index in [9.17, 15) is 4.79 Å². The van der Waals surface area contributed by atoms with Crippen molar-refractivity contribution < 1.29 is 0 Å². The van der Waals surface area contributed by atoms with Gasteiger partial charge < -0.3 is 9.55 Å². The van der Waals surface area contributed by atoms with Crippen molar-refractivity contribution in [3.8, 4) is 11.5 Å². The van der Waals surface area contributed by atoms with E-state index in [0.29, 0.717) is 11.7 Å². The highest BCUT2D eigenvalue weighted by Crippen LogP contribution is 2.14. The number of aryl methyl sites for hydroxylation is 1. The molecular weight excluding hydrogens is 228 g/mol. The van der Waals surface area contributed by atoms with E-state index >= 15 is 0 Å². The van der Waals surface area contributed by atoms with Gasteiger partial charge in [-0.05, 0) is 19.3 Å². The van der Waals surface area contributed by atoms with E-state index in [-0.39, 0.29) is 5.56 Å². The molecule has 5 heteroatoms. The lowest BCUT2D eigenvalue weighted by molar-refractivity contribution is 0.633. The summed E-state index contributed by atoms with van der Waals surface area (Å²) >= 11 is 0. The molecule has 0 aliphatic rings. The zero-order valence-corrected chi connectivity index (χ0v) is 11.0. The molecule has 5 nitrogen and oxygen atoms in total. The summed E-state index contributed by atoms with van der Waals surface area (Å²) in [5.41, 5.74) is 1.56. The van der Waals surface area contributed by atoms with Gasteiger partial charge in [0.25, 0.3) is 5.56 Å². The number of nitrogens with zero attached hydrogens (tertiary/aromatic N) is 3. The van der Waals surface area contributed by atoms with Crippen molar-refractivity contribution in [2.45, 2.75) is 33.7 Å². The molecule has 0 aliphatic carbocycles. The Labute approximate surface area is 106 Å². The molecule has 0 unspecified atom stereocenters. The van der Waals surface area contributed by atoms with Crippen LogP contribution in [0.25, 0.3) is 11.5 Å². The summed E-state index contributed by atoms with van der Waals surface area (Å²) in [5.74, 6) is 1.07. The smallest absolute Gasteiger partial charge is 0.251 e. The Morgan fingerprint density at radius 3 is 2.89 bits per heavy atom. The van der Waals surface area contributed by atoms with Crippen LogP contribution in [-0.2, 0) is 13.0 Å². The molecule has 18 heavy (non-hydrogen) atoms. The van der Waals surface area contributed by atoms with Gasteiger partial charge in [0.15, 0.2) is 5.82 Å². The number of imidazole rings is 1. The average molecular weight is 246 g/mol. The third kappa shape index (κ3) is 2.67. The Morgan fingerprint density at radius 2 is 2.22 bits per heavy atom. The molecule has 1 N–H and O–H groups in total. The number of rotatable bonds is 4. The monoisotopic (exact) mass is 246 g/mol. The highest BCUT2D eigenvalue weighted by atomic mass is 16.1. The van der Waals surface area contributed by atoms with Crippen molar-refractivity contribution in [3.63, 3.8) is 0 Å². The molecule has 0 atom stereocenters. The Hall–Kier alpha value is -1.91. The van der Waals surface area contributed by atoms with Gasteiger partial charge in [0.2, 0.25) is 0 Å². The van der Waals surface area contributed by atoms with Crippen molar-refractivity contribution in [2.75, 3.05) is 0 Å². The van der Waals surface area contributed by atoms with Crippen molar-refractivity contribution >= 4 is 0 Å². The molecule has 0 saturated heterocycles. The molecule has 96 valence electrons. The first-order chi connectivity index (χ1) is 8.60. The summed E-state index contributed by atoms with van der Waals surface area (Å²) < 4.78 is 1.96. The van der Waals surface area contributed by atoms with E-state index in [4.69, 9.17) is 0 Å². The van der Waals surface area contributed by atoms with E-state index in [1.807, 2.05) is 11.5 Å². The van der Waals surface area contributed by atoms with E-state index in [2.05, 4.69) is 28.8 Å².